The minimum absolute atomic E-state index is 0.139. The molecule has 0 amide bonds. The third-order valence-electron chi connectivity index (χ3n) is 2.69. The first-order chi connectivity index (χ1) is 7.59. The van der Waals surface area contributed by atoms with Crippen molar-refractivity contribution in [2.75, 3.05) is 0 Å². The molecule has 0 fully saturated rings. The number of benzene rings is 1. The average molecular weight is 218 g/mol. The fourth-order valence-corrected chi connectivity index (χ4v) is 1.87. The summed E-state index contributed by atoms with van der Waals surface area (Å²) in [4.78, 5) is 36.6. The standard InChI is InChI=1S/C10H6N2O4/c1-12-5-3-2-4-6(7(5)11-10(12)15)9(14)16-8(4)13/h2-3H,1H3,(H,11,15). The van der Waals surface area contributed by atoms with Crippen LogP contribution in [0.15, 0.2) is 16.9 Å². The Labute approximate surface area is 88.4 Å². The highest BCUT2D eigenvalue weighted by atomic mass is 16.6. The summed E-state index contributed by atoms with van der Waals surface area (Å²) in [5.74, 6) is -1.39. The van der Waals surface area contributed by atoms with Crippen molar-refractivity contribution in [1.29, 1.82) is 0 Å². The molecule has 0 saturated carbocycles. The molecule has 1 aromatic heterocycles. The van der Waals surface area contributed by atoms with Gasteiger partial charge in [0, 0.05) is 7.05 Å². The number of aromatic amines is 1. The molecule has 2 heterocycles. The molecule has 1 aromatic carbocycles. The van der Waals surface area contributed by atoms with Crippen LogP contribution in [0.2, 0.25) is 0 Å². The molecule has 3 rings (SSSR count). The molecule has 1 N–H and O–H groups in total. The van der Waals surface area contributed by atoms with Crippen LogP contribution in [0.25, 0.3) is 11.0 Å². The van der Waals surface area contributed by atoms with Crippen LogP contribution in [-0.2, 0) is 11.8 Å². The van der Waals surface area contributed by atoms with Gasteiger partial charge in [0.2, 0.25) is 0 Å². The van der Waals surface area contributed by atoms with Gasteiger partial charge in [0.1, 0.15) is 5.56 Å². The zero-order valence-electron chi connectivity index (χ0n) is 8.23. The van der Waals surface area contributed by atoms with E-state index in [1.165, 1.54) is 10.6 Å². The summed E-state index contributed by atoms with van der Waals surface area (Å²) in [7, 11) is 1.58. The van der Waals surface area contributed by atoms with E-state index in [9.17, 15) is 14.4 Å². The number of ether oxygens (including phenoxy) is 1. The van der Waals surface area contributed by atoms with Crippen molar-refractivity contribution >= 4 is 23.0 Å². The fourth-order valence-electron chi connectivity index (χ4n) is 1.87. The van der Waals surface area contributed by atoms with E-state index in [0.29, 0.717) is 11.0 Å². The third-order valence-corrected chi connectivity index (χ3v) is 2.69. The number of esters is 2. The second-order valence-electron chi connectivity index (χ2n) is 3.55. The summed E-state index contributed by atoms with van der Waals surface area (Å²) in [5, 5.41) is 0. The number of hydrogen-bond donors (Lipinski definition) is 1. The lowest BCUT2D eigenvalue weighted by atomic mass is 10.1. The number of imidazole rings is 1. The van der Waals surface area contributed by atoms with Crippen LogP contribution >= 0.6 is 0 Å². The molecular formula is C10H6N2O4. The highest BCUT2D eigenvalue weighted by Gasteiger charge is 2.32. The van der Waals surface area contributed by atoms with Gasteiger partial charge in [-0.15, -0.1) is 0 Å². The van der Waals surface area contributed by atoms with Crippen LogP contribution in [0, 0.1) is 0 Å². The van der Waals surface area contributed by atoms with Crippen molar-refractivity contribution in [1.82, 2.24) is 9.55 Å². The van der Waals surface area contributed by atoms with Gasteiger partial charge in [0.15, 0.2) is 0 Å². The molecule has 0 radical (unpaired) electrons. The van der Waals surface area contributed by atoms with Gasteiger partial charge in [-0.2, -0.15) is 0 Å². The lowest BCUT2D eigenvalue weighted by Crippen LogP contribution is -2.11. The van der Waals surface area contributed by atoms with E-state index in [0.717, 1.165) is 0 Å². The zero-order chi connectivity index (χ0) is 11.4. The molecule has 0 spiro atoms. The summed E-state index contributed by atoms with van der Waals surface area (Å²) >= 11 is 0. The molecule has 0 atom stereocenters. The predicted octanol–water partition coefficient (Wildman–Crippen LogP) is 0.177. The van der Waals surface area contributed by atoms with Crippen molar-refractivity contribution in [2.45, 2.75) is 0 Å². The number of H-pyrrole nitrogens is 1. The zero-order valence-corrected chi connectivity index (χ0v) is 8.23. The number of rotatable bonds is 0. The Morgan fingerprint density at radius 2 is 1.94 bits per heavy atom. The van der Waals surface area contributed by atoms with Crippen LogP contribution in [0.4, 0.5) is 0 Å². The molecule has 0 unspecified atom stereocenters. The minimum Gasteiger partial charge on any atom is -0.386 e. The number of fused-ring (bicyclic) bond motifs is 3. The Kier molecular flexibility index (Phi) is 1.45. The number of aryl methyl sites for hydroxylation is 1. The van der Waals surface area contributed by atoms with Crippen LogP contribution in [0.1, 0.15) is 20.7 Å². The van der Waals surface area contributed by atoms with Crippen LogP contribution in [0.3, 0.4) is 0 Å². The summed E-state index contributed by atoms with van der Waals surface area (Å²) in [6.45, 7) is 0. The van der Waals surface area contributed by atoms with E-state index >= 15 is 0 Å². The average Bonchev–Trinajstić information content (AvgIpc) is 2.68. The van der Waals surface area contributed by atoms with E-state index in [2.05, 4.69) is 9.72 Å². The summed E-state index contributed by atoms with van der Waals surface area (Å²) in [5.41, 5.74) is 0.909. The Morgan fingerprint density at radius 1 is 1.19 bits per heavy atom. The number of carbonyl (C=O) groups excluding carboxylic acids is 2. The van der Waals surface area contributed by atoms with Crippen LogP contribution in [-0.4, -0.2) is 21.5 Å². The van der Waals surface area contributed by atoms with Crippen molar-refractivity contribution < 1.29 is 14.3 Å². The minimum atomic E-state index is -0.715. The second kappa shape index (κ2) is 2.60. The quantitative estimate of drug-likeness (QED) is 0.505. The van der Waals surface area contributed by atoms with E-state index < -0.39 is 11.9 Å². The van der Waals surface area contributed by atoms with Gasteiger partial charge in [-0.1, -0.05) is 0 Å². The SMILES string of the molecule is Cn1c(=O)[nH]c2c3c(ccc21)C(=O)OC3=O. The molecule has 80 valence electrons. The van der Waals surface area contributed by atoms with Gasteiger partial charge in [-0.3, -0.25) is 4.57 Å². The van der Waals surface area contributed by atoms with Gasteiger partial charge in [-0.25, -0.2) is 14.4 Å². The lowest BCUT2D eigenvalue weighted by molar-refractivity contribution is 0.0444. The monoisotopic (exact) mass is 218 g/mol. The fraction of sp³-hybridized carbons (Fsp3) is 0.100. The van der Waals surface area contributed by atoms with Gasteiger partial charge < -0.3 is 9.72 Å². The Bertz CT molecular complexity index is 707. The van der Waals surface area contributed by atoms with E-state index in [1.54, 1.807) is 13.1 Å². The molecular weight excluding hydrogens is 212 g/mol. The van der Waals surface area contributed by atoms with Crippen molar-refractivity contribution in [3.63, 3.8) is 0 Å². The first kappa shape index (κ1) is 8.90. The predicted molar refractivity (Wildman–Crippen MR) is 53.3 cm³/mol. The number of carbonyl (C=O) groups is 2. The maximum Gasteiger partial charge on any atom is 0.349 e. The first-order valence-electron chi connectivity index (χ1n) is 4.58. The molecule has 6 heteroatoms. The van der Waals surface area contributed by atoms with Gasteiger partial charge in [0.05, 0.1) is 16.6 Å². The molecule has 16 heavy (non-hydrogen) atoms. The molecule has 6 nitrogen and oxygen atoms in total. The van der Waals surface area contributed by atoms with Crippen LogP contribution in [0.5, 0.6) is 0 Å². The number of nitrogens with zero attached hydrogens (tertiary/aromatic N) is 1. The molecule has 0 saturated heterocycles. The Balaban J connectivity index is 2.55. The highest BCUT2D eigenvalue weighted by Crippen LogP contribution is 2.26. The maximum atomic E-state index is 11.4. The van der Waals surface area contributed by atoms with E-state index in [-0.39, 0.29) is 16.8 Å². The van der Waals surface area contributed by atoms with Crippen molar-refractivity contribution in [2.24, 2.45) is 7.05 Å². The Hall–Kier alpha value is -2.37. The molecule has 1 aliphatic rings. The molecule has 0 bridgehead atoms. The summed E-state index contributed by atoms with van der Waals surface area (Å²) in [6.07, 6.45) is 0. The molecule has 1 aliphatic heterocycles. The number of hydrogen-bond acceptors (Lipinski definition) is 4. The summed E-state index contributed by atoms with van der Waals surface area (Å²) in [6, 6.07) is 3.09. The topological polar surface area (TPSA) is 81.2 Å². The number of nitrogens with one attached hydrogen (secondary N) is 1. The smallest absolute Gasteiger partial charge is 0.349 e. The maximum absolute atomic E-state index is 11.4. The third kappa shape index (κ3) is 0.881. The first-order valence-corrected chi connectivity index (χ1v) is 4.58. The van der Waals surface area contributed by atoms with Crippen LogP contribution < -0.4 is 5.69 Å². The largest absolute Gasteiger partial charge is 0.386 e. The summed E-state index contributed by atoms with van der Waals surface area (Å²) < 4.78 is 5.85. The van der Waals surface area contributed by atoms with Gasteiger partial charge in [-0.05, 0) is 12.1 Å². The highest BCUT2D eigenvalue weighted by molar-refractivity contribution is 6.20. The lowest BCUT2D eigenvalue weighted by Gasteiger charge is -1.95. The number of cyclic esters (lactones) is 2. The van der Waals surface area contributed by atoms with E-state index in [1.807, 2.05) is 0 Å². The van der Waals surface area contributed by atoms with E-state index in [4.69, 9.17) is 0 Å². The van der Waals surface area contributed by atoms with Crippen molar-refractivity contribution in [3.05, 3.63) is 33.7 Å². The van der Waals surface area contributed by atoms with Crippen molar-refractivity contribution in [3.8, 4) is 0 Å². The second-order valence-corrected chi connectivity index (χ2v) is 3.55. The normalized spacial score (nSPS) is 14.3. The van der Waals surface area contributed by atoms with Gasteiger partial charge >= 0.3 is 17.6 Å². The van der Waals surface area contributed by atoms with Gasteiger partial charge in [0.25, 0.3) is 0 Å². The molecule has 0 aliphatic carbocycles. The molecule has 2 aromatic rings. The Morgan fingerprint density at radius 3 is 2.69 bits per heavy atom. The number of aromatic nitrogens is 2.